The highest BCUT2D eigenvalue weighted by molar-refractivity contribution is 5.79. The van der Waals surface area contributed by atoms with Gasteiger partial charge in [-0.05, 0) is 19.3 Å². The fourth-order valence-corrected chi connectivity index (χ4v) is 2.91. The van der Waals surface area contributed by atoms with E-state index in [1.165, 1.54) is 0 Å². The molecule has 23 heavy (non-hydrogen) atoms. The van der Waals surface area contributed by atoms with E-state index in [4.69, 9.17) is 9.47 Å². The van der Waals surface area contributed by atoms with Crippen molar-refractivity contribution in [2.75, 3.05) is 47.0 Å². The first-order valence-corrected chi connectivity index (χ1v) is 8.60. The molecule has 0 amide bonds. The van der Waals surface area contributed by atoms with Crippen LogP contribution in [0.4, 0.5) is 0 Å². The Bertz CT molecular complexity index is 368. The largest absolute Gasteiger partial charge is 0.379 e. The van der Waals surface area contributed by atoms with Gasteiger partial charge in [0.2, 0.25) is 0 Å². The summed E-state index contributed by atoms with van der Waals surface area (Å²) in [6.07, 6.45) is 0.137. The summed E-state index contributed by atoms with van der Waals surface area (Å²) in [6, 6.07) is 0.905. The number of rotatable bonds is 6. The average molecular weight is 329 g/mol. The molecule has 0 aliphatic carbocycles. The first kappa shape index (κ1) is 20.2. The number of nitrogens with zero attached hydrogens (tertiary/aromatic N) is 2. The van der Waals surface area contributed by atoms with Crippen LogP contribution in [-0.2, 0) is 9.47 Å². The predicted molar refractivity (Wildman–Crippen MR) is 96.1 cm³/mol. The number of aliphatic imine (C=N–C) groups is 1. The van der Waals surface area contributed by atoms with E-state index in [0.29, 0.717) is 12.1 Å². The van der Waals surface area contributed by atoms with E-state index in [1.807, 2.05) is 0 Å². The Morgan fingerprint density at radius 1 is 1.35 bits per heavy atom. The number of methoxy groups -OCH3 is 1. The molecular formula is C17H36N4O2. The van der Waals surface area contributed by atoms with Gasteiger partial charge in [0.15, 0.2) is 5.96 Å². The number of ether oxygens (including phenoxy) is 2. The molecule has 0 bridgehead atoms. The first-order chi connectivity index (χ1) is 10.8. The van der Waals surface area contributed by atoms with E-state index in [2.05, 4.69) is 55.1 Å². The van der Waals surface area contributed by atoms with Crippen LogP contribution in [0.5, 0.6) is 0 Å². The quantitative estimate of drug-likeness (QED) is 0.569. The lowest BCUT2D eigenvalue weighted by atomic mass is 9.89. The molecular weight excluding hydrogens is 292 g/mol. The van der Waals surface area contributed by atoms with Gasteiger partial charge in [-0.3, -0.25) is 9.89 Å². The third kappa shape index (κ3) is 6.65. The van der Waals surface area contributed by atoms with Crippen LogP contribution in [0.1, 0.15) is 34.6 Å². The van der Waals surface area contributed by atoms with E-state index in [9.17, 15) is 0 Å². The van der Waals surface area contributed by atoms with Crippen LogP contribution in [-0.4, -0.2) is 76.1 Å². The highest BCUT2D eigenvalue weighted by Gasteiger charge is 2.25. The molecule has 3 unspecified atom stereocenters. The minimum atomic E-state index is 0.0944. The fourth-order valence-electron chi connectivity index (χ4n) is 2.91. The van der Waals surface area contributed by atoms with Gasteiger partial charge in [0, 0.05) is 45.9 Å². The summed E-state index contributed by atoms with van der Waals surface area (Å²) in [6.45, 7) is 15.2. The summed E-state index contributed by atoms with van der Waals surface area (Å²) in [5.74, 6) is 0.823. The lowest BCUT2D eigenvalue weighted by molar-refractivity contribution is -0.0174. The molecule has 1 aliphatic rings. The zero-order valence-electron chi connectivity index (χ0n) is 16.0. The Hall–Kier alpha value is -0.850. The van der Waals surface area contributed by atoms with Crippen molar-refractivity contribution in [1.82, 2.24) is 15.5 Å². The zero-order chi connectivity index (χ0) is 17.5. The smallest absolute Gasteiger partial charge is 0.191 e. The van der Waals surface area contributed by atoms with Crippen molar-refractivity contribution >= 4 is 5.96 Å². The second kappa shape index (κ2) is 9.45. The Morgan fingerprint density at radius 2 is 2.00 bits per heavy atom. The summed E-state index contributed by atoms with van der Waals surface area (Å²) >= 11 is 0. The zero-order valence-corrected chi connectivity index (χ0v) is 16.0. The summed E-state index contributed by atoms with van der Waals surface area (Å²) in [4.78, 5) is 6.79. The SMILES string of the molecule is CN=C(NCC(C)N1CCOCC1C)NCC(OC)C(C)(C)C. The predicted octanol–water partition coefficient (Wildman–Crippen LogP) is 1.32. The molecule has 2 N–H and O–H groups in total. The second-order valence-corrected chi connectivity index (χ2v) is 7.44. The van der Waals surface area contributed by atoms with Crippen molar-refractivity contribution < 1.29 is 9.47 Å². The average Bonchev–Trinajstić information content (AvgIpc) is 2.49. The monoisotopic (exact) mass is 328 g/mol. The lowest BCUT2D eigenvalue weighted by Gasteiger charge is -2.38. The maximum absolute atomic E-state index is 5.58. The Labute approximate surface area is 142 Å². The maximum atomic E-state index is 5.58. The van der Waals surface area contributed by atoms with E-state index < -0.39 is 0 Å². The molecule has 0 radical (unpaired) electrons. The van der Waals surface area contributed by atoms with Crippen molar-refractivity contribution in [3.05, 3.63) is 0 Å². The normalized spacial score (nSPS) is 23.4. The molecule has 0 spiro atoms. The molecule has 6 heteroatoms. The summed E-state index contributed by atoms with van der Waals surface area (Å²) in [5, 5.41) is 6.79. The molecule has 6 nitrogen and oxygen atoms in total. The minimum absolute atomic E-state index is 0.0944. The summed E-state index contributed by atoms with van der Waals surface area (Å²) in [7, 11) is 3.56. The highest BCUT2D eigenvalue weighted by atomic mass is 16.5. The molecule has 0 aromatic heterocycles. The Kier molecular flexibility index (Phi) is 8.29. The number of hydrogen-bond acceptors (Lipinski definition) is 4. The van der Waals surface area contributed by atoms with Crippen LogP contribution in [0.3, 0.4) is 0 Å². The van der Waals surface area contributed by atoms with Crippen LogP contribution < -0.4 is 10.6 Å². The van der Waals surface area contributed by atoms with Crippen LogP contribution in [0, 0.1) is 5.41 Å². The van der Waals surface area contributed by atoms with E-state index >= 15 is 0 Å². The second-order valence-electron chi connectivity index (χ2n) is 7.44. The van der Waals surface area contributed by atoms with Gasteiger partial charge in [0.05, 0.1) is 19.3 Å². The number of morpholine rings is 1. The molecule has 1 fully saturated rings. The van der Waals surface area contributed by atoms with Crippen molar-refractivity contribution in [3.63, 3.8) is 0 Å². The number of nitrogens with one attached hydrogen (secondary N) is 2. The van der Waals surface area contributed by atoms with Gasteiger partial charge in [-0.25, -0.2) is 0 Å². The number of guanidine groups is 1. The van der Waals surface area contributed by atoms with Gasteiger partial charge in [-0.1, -0.05) is 20.8 Å². The Balaban J connectivity index is 2.41. The molecule has 1 saturated heterocycles. The first-order valence-electron chi connectivity index (χ1n) is 8.60. The van der Waals surface area contributed by atoms with Gasteiger partial charge in [0.1, 0.15) is 0 Å². The molecule has 0 saturated carbocycles. The summed E-state index contributed by atoms with van der Waals surface area (Å²) < 4.78 is 11.1. The van der Waals surface area contributed by atoms with Crippen molar-refractivity contribution in [2.45, 2.75) is 52.8 Å². The fraction of sp³-hybridized carbons (Fsp3) is 0.941. The van der Waals surface area contributed by atoms with E-state index in [0.717, 1.165) is 38.8 Å². The van der Waals surface area contributed by atoms with Crippen molar-refractivity contribution in [3.8, 4) is 0 Å². The van der Waals surface area contributed by atoms with Gasteiger partial charge in [-0.15, -0.1) is 0 Å². The van der Waals surface area contributed by atoms with Gasteiger partial charge < -0.3 is 20.1 Å². The molecule has 3 atom stereocenters. The Morgan fingerprint density at radius 3 is 2.52 bits per heavy atom. The standard InChI is InChI=1S/C17H36N4O2/c1-13(21-8-9-23-12-14(21)2)10-19-16(18-6)20-11-15(22-7)17(3,4)5/h13-15H,8-12H2,1-7H3,(H2,18,19,20). The topological polar surface area (TPSA) is 58.1 Å². The maximum Gasteiger partial charge on any atom is 0.191 e. The highest BCUT2D eigenvalue weighted by Crippen LogP contribution is 2.20. The molecule has 0 aromatic rings. The van der Waals surface area contributed by atoms with Crippen LogP contribution in [0.15, 0.2) is 4.99 Å². The van der Waals surface area contributed by atoms with Crippen LogP contribution in [0.25, 0.3) is 0 Å². The molecule has 1 rings (SSSR count). The molecule has 1 aliphatic heterocycles. The van der Waals surface area contributed by atoms with Crippen LogP contribution >= 0.6 is 0 Å². The van der Waals surface area contributed by atoms with Gasteiger partial charge >= 0.3 is 0 Å². The summed E-state index contributed by atoms with van der Waals surface area (Å²) in [5.41, 5.74) is 0.0944. The van der Waals surface area contributed by atoms with Gasteiger partial charge in [0.25, 0.3) is 0 Å². The van der Waals surface area contributed by atoms with E-state index in [-0.39, 0.29) is 11.5 Å². The van der Waals surface area contributed by atoms with Crippen molar-refractivity contribution in [1.29, 1.82) is 0 Å². The lowest BCUT2D eigenvalue weighted by Crippen LogP contribution is -2.53. The third-order valence-corrected chi connectivity index (χ3v) is 4.48. The number of hydrogen-bond donors (Lipinski definition) is 2. The van der Waals surface area contributed by atoms with E-state index in [1.54, 1.807) is 14.2 Å². The minimum Gasteiger partial charge on any atom is -0.379 e. The van der Waals surface area contributed by atoms with Gasteiger partial charge in [-0.2, -0.15) is 0 Å². The molecule has 0 aromatic carbocycles. The molecule has 136 valence electrons. The van der Waals surface area contributed by atoms with Crippen molar-refractivity contribution in [2.24, 2.45) is 10.4 Å². The molecule has 1 heterocycles. The van der Waals surface area contributed by atoms with Crippen LogP contribution in [0.2, 0.25) is 0 Å². The third-order valence-electron chi connectivity index (χ3n) is 4.48.